The third-order valence-electron chi connectivity index (χ3n) is 4.80. The molecule has 0 atom stereocenters. The van der Waals surface area contributed by atoms with Crippen molar-refractivity contribution in [3.8, 4) is 0 Å². The van der Waals surface area contributed by atoms with Gasteiger partial charge >= 0.3 is 0 Å². The summed E-state index contributed by atoms with van der Waals surface area (Å²) in [7, 11) is -3.75. The van der Waals surface area contributed by atoms with E-state index in [1.807, 2.05) is 0 Å². The van der Waals surface area contributed by atoms with Crippen molar-refractivity contribution in [2.24, 2.45) is 5.92 Å². The van der Waals surface area contributed by atoms with Crippen LogP contribution in [0.25, 0.3) is 12.2 Å². The van der Waals surface area contributed by atoms with Crippen molar-refractivity contribution in [3.63, 3.8) is 0 Å². The number of aryl methyl sites for hydroxylation is 2. The predicted octanol–water partition coefficient (Wildman–Crippen LogP) is 5.33. The number of rotatable bonds is 7. The summed E-state index contributed by atoms with van der Waals surface area (Å²) in [5, 5.41) is 7.23. The smallest absolute Gasteiger partial charge is 0.271 e. The van der Waals surface area contributed by atoms with Crippen LogP contribution >= 0.6 is 22.9 Å². The highest BCUT2D eigenvalue weighted by atomic mass is 35.5. The molecule has 0 unspecified atom stereocenters. The van der Waals surface area contributed by atoms with E-state index < -0.39 is 10.0 Å². The van der Waals surface area contributed by atoms with Gasteiger partial charge in [-0.3, -0.25) is 9.52 Å². The van der Waals surface area contributed by atoms with E-state index in [2.05, 4.69) is 15.2 Å². The molecule has 1 amide bonds. The van der Waals surface area contributed by atoms with Crippen molar-refractivity contribution in [2.75, 3.05) is 10.0 Å². The van der Waals surface area contributed by atoms with Gasteiger partial charge in [0.15, 0.2) is 5.76 Å². The van der Waals surface area contributed by atoms with Crippen LogP contribution in [-0.4, -0.2) is 19.5 Å². The summed E-state index contributed by atoms with van der Waals surface area (Å²) < 4.78 is 33.6. The molecule has 31 heavy (non-hydrogen) atoms. The molecule has 0 radical (unpaired) electrons. The van der Waals surface area contributed by atoms with Crippen LogP contribution in [0.3, 0.4) is 0 Å². The Morgan fingerprint density at radius 1 is 1.23 bits per heavy atom. The molecule has 0 bridgehead atoms. The number of halogens is 1. The highest BCUT2D eigenvalue weighted by Crippen LogP contribution is 2.32. The molecule has 3 aromatic rings. The van der Waals surface area contributed by atoms with Crippen molar-refractivity contribution in [2.45, 2.75) is 30.9 Å². The fourth-order valence-electron chi connectivity index (χ4n) is 2.85. The molecule has 1 aliphatic carbocycles. The van der Waals surface area contributed by atoms with Crippen LogP contribution < -0.4 is 10.0 Å². The molecule has 1 aromatic carbocycles. The number of anilines is 2. The monoisotopic (exact) mass is 477 g/mol. The third-order valence-corrected chi connectivity index (χ3v) is 7.94. The van der Waals surface area contributed by atoms with E-state index in [9.17, 15) is 13.2 Å². The number of aromatic nitrogens is 1. The van der Waals surface area contributed by atoms with Crippen molar-refractivity contribution >= 4 is 62.4 Å². The van der Waals surface area contributed by atoms with Crippen LogP contribution in [0.2, 0.25) is 5.02 Å². The number of amides is 1. The lowest BCUT2D eigenvalue weighted by Gasteiger charge is -2.09. The van der Waals surface area contributed by atoms with E-state index >= 15 is 0 Å². The molecule has 0 aliphatic heterocycles. The van der Waals surface area contributed by atoms with Gasteiger partial charge in [0.25, 0.3) is 10.0 Å². The summed E-state index contributed by atoms with van der Waals surface area (Å²) in [6, 6.07) is 8.27. The van der Waals surface area contributed by atoms with Gasteiger partial charge in [0.1, 0.15) is 15.6 Å². The largest absolute Gasteiger partial charge is 0.354 e. The zero-order chi connectivity index (χ0) is 22.2. The normalized spacial score (nSPS) is 14.2. The Hall–Kier alpha value is -2.62. The number of thiophene rings is 1. The number of nitrogens with one attached hydrogen (secondary N) is 2. The van der Waals surface area contributed by atoms with Gasteiger partial charge in [-0.2, -0.15) is 0 Å². The van der Waals surface area contributed by atoms with Crippen LogP contribution in [-0.2, 0) is 14.8 Å². The first kappa shape index (κ1) is 21.6. The van der Waals surface area contributed by atoms with Gasteiger partial charge in [0.05, 0.1) is 5.69 Å². The number of hydrogen-bond acceptors (Lipinski definition) is 6. The Morgan fingerprint density at radius 2 is 2.00 bits per heavy atom. The van der Waals surface area contributed by atoms with Crippen LogP contribution in [0.4, 0.5) is 11.4 Å². The molecule has 2 aromatic heterocycles. The Bertz CT molecular complexity index is 1270. The van der Waals surface area contributed by atoms with Gasteiger partial charge in [-0.05, 0) is 68.7 Å². The fourth-order valence-corrected chi connectivity index (χ4v) is 5.37. The van der Waals surface area contributed by atoms with E-state index in [4.69, 9.17) is 16.1 Å². The average Bonchev–Trinajstić information content (AvgIpc) is 3.36. The Morgan fingerprint density at radius 3 is 2.74 bits per heavy atom. The molecular formula is C21H20ClN3O4S2. The van der Waals surface area contributed by atoms with Crippen LogP contribution in [0, 0.1) is 19.8 Å². The minimum Gasteiger partial charge on any atom is -0.354 e. The van der Waals surface area contributed by atoms with Gasteiger partial charge in [-0.25, -0.2) is 8.42 Å². The lowest BCUT2D eigenvalue weighted by molar-refractivity contribution is -0.117. The highest BCUT2D eigenvalue weighted by molar-refractivity contribution is 7.94. The quantitative estimate of drug-likeness (QED) is 0.479. The maximum absolute atomic E-state index is 12.8. The molecule has 4 rings (SSSR count). The van der Waals surface area contributed by atoms with Gasteiger partial charge in [0.2, 0.25) is 5.91 Å². The van der Waals surface area contributed by atoms with Crippen molar-refractivity contribution < 1.29 is 17.7 Å². The summed E-state index contributed by atoms with van der Waals surface area (Å²) in [5.41, 5.74) is 2.33. The SMILES string of the molecule is Cc1ccc(Cl)cc1NS(=O)(=O)c1ccc(C=Cc2onc(C)c2NC(=O)C2CC2)s1. The summed E-state index contributed by atoms with van der Waals surface area (Å²) in [6.45, 7) is 3.55. The lowest BCUT2D eigenvalue weighted by Crippen LogP contribution is -2.14. The van der Waals surface area contributed by atoms with E-state index in [1.54, 1.807) is 50.3 Å². The van der Waals surface area contributed by atoms with Crippen molar-refractivity contribution in [1.82, 2.24) is 5.16 Å². The first-order valence-electron chi connectivity index (χ1n) is 9.57. The topological polar surface area (TPSA) is 101 Å². The first-order chi connectivity index (χ1) is 14.7. The molecule has 7 nitrogen and oxygen atoms in total. The second-order valence-electron chi connectivity index (χ2n) is 7.33. The number of carbonyl (C=O) groups excluding carboxylic acids is 1. The van der Waals surface area contributed by atoms with Gasteiger partial charge < -0.3 is 9.84 Å². The van der Waals surface area contributed by atoms with Crippen LogP contribution in [0.15, 0.2) is 39.1 Å². The second-order valence-corrected chi connectivity index (χ2v) is 10.8. The molecular weight excluding hydrogens is 458 g/mol. The lowest BCUT2D eigenvalue weighted by atomic mass is 10.2. The molecule has 0 saturated heterocycles. The highest BCUT2D eigenvalue weighted by Gasteiger charge is 2.30. The van der Waals surface area contributed by atoms with Gasteiger partial charge in [0, 0.05) is 15.8 Å². The molecule has 10 heteroatoms. The molecule has 0 spiro atoms. The van der Waals surface area contributed by atoms with E-state index in [-0.39, 0.29) is 16.0 Å². The number of carbonyl (C=O) groups is 1. The maximum Gasteiger partial charge on any atom is 0.271 e. The Kier molecular flexibility index (Phi) is 5.92. The van der Waals surface area contributed by atoms with E-state index in [1.165, 1.54) is 6.07 Å². The maximum atomic E-state index is 12.8. The van der Waals surface area contributed by atoms with Gasteiger partial charge in [-0.1, -0.05) is 22.8 Å². The van der Waals surface area contributed by atoms with Gasteiger partial charge in [-0.15, -0.1) is 11.3 Å². The summed E-state index contributed by atoms with van der Waals surface area (Å²) in [5.74, 6) is 0.441. The molecule has 2 heterocycles. The predicted molar refractivity (Wildman–Crippen MR) is 123 cm³/mol. The molecule has 2 N–H and O–H groups in total. The third kappa shape index (κ3) is 5.00. The number of nitrogens with zero attached hydrogens (tertiary/aromatic N) is 1. The number of hydrogen-bond donors (Lipinski definition) is 2. The standard InChI is InChI=1S/C21H20ClN3O4S2/c1-12-3-6-15(22)11-17(12)25-31(27,28)19-10-8-16(30-19)7-9-18-20(13(2)24-29-18)23-21(26)14-4-5-14/h3,6-11,14,25H,4-5H2,1-2H3,(H,23,26). The van der Waals surface area contributed by atoms with Crippen molar-refractivity contribution in [1.29, 1.82) is 0 Å². The number of benzene rings is 1. The van der Waals surface area contributed by atoms with Crippen LogP contribution in [0.5, 0.6) is 0 Å². The first-order valence-corrected chi connectivity index (χ1v) is 12.2. The zero-order valence-corrected chi connectivity index (χ0v) is 19.2. The van der Waals surface area contributed by atoms with Crippen molar-refractivity contribution in [3.05, 3.63) is 57.2 Å². The summed E-state index contributed by atoms with van der Waals surface area (Å²) in [6.07, 6.45) is 5.19. The van der Waals surface area contributed by atoms with E-state index in [0.29, 0.717) is 32.7 Å². The zero-order valence-electron chi connectivity index (χ0n) is 16.8. The Labute approximate surface area is 189 Å². The average molecular weight is 478 g/mol. The minimum absolute atomic E-state index is 0.0344. The summed E-state index contributed by atoms with van der Waals surface area (Å²) >= 11 is 7.09. The number of sulfonamides is 1. The fraction of sp³-hybridized carbons (Fsp3) is 0.238. The van der Waals surface area contributed by atoms with Crippen LogP contribution in [0.1, 0.15) is 34.7 Å². The second kappa shape index (κ2) is 8.49. The Balaban J connectivity index is 1.51. The molecule has 162 valence electrons. The van der Waals surface area contributed by atoms with E-state index in [0.717, 1.165) is 29.7 Å². The molecule has 1 aliphatic rings. The summed E-state index contributed by atoms with van der Waals surface area (Å²) in [4.78, 5) is 12.8. The minimum atomic E-state index is -3.75. The molecule has 1 fully saturated rings. The molecule has 1 saturated carbocycles.